The summed E-state index contributed by atoms with van der Waals surface area (Å²) >= 11 is 3.44. The third-order valence-corrected chi connectivity index (χ3v) is 4.13. The topological polar surface area (TPSA) is 58.9 Å². The van der Waals surface area contributed by atoms with Gasteiger partial charge in [-0.3, -0.25) is 4.68 Å². The van der Waals surface area contributed by atoms with E-state index in [9.17, 15) is 0 Å². The van der Waals surface area contributed by atoms with Crippen LogP contribution in [-0.4, -0.2) is 39.9 Å². The van der Waals surface area contributed by atoms with E-state index in [4.69, 9.17) is 0 Å². The lowest BCUT2D eigenvalue weighted by Crippen LogP contribution is -2.37. The van der Waals surface area contributed by atoms with E-state index in [1.54, 1.807) is 6.20 Å². The fourth-order valence-corrected chi connectivity index (χ4v) is 2.92. The molecule has 1 N–H and O–H groups in total. The molecule has 0 amide bonds. The summed E-state index contributed by atoms with van der Waals surface area (Å²) in [5.74, 6) is 1.59. The number of nitrogens with zero attached hydrogens (tertiary/aromatic N) is 5. The van der Waals surface area contributed by atoms with Crippen molar-refractivity contribution in [2.75, 3.05) is 30.4 Å². The van der Waals surface area contributed by atoms with E-state index in [1.165, 1.54) is 0 Å². The molecule has 7 heteroatoms. The Hall–Kier alpha value is -1.63. The molecule has 6 nitrogen and oxygen atoms in total. The molecule has 0 aliphatic carbocycles. The first-order valence-corrected chi connectivity index (χ1v) is 7.51. The minimum absolute atomic E-state index is 0.393. The number of aromatic nitrogens is 4. The third kappa shape index (κ3) is 2.63. The quantitative estimate of drug-likeness (QED) is 0.932. The van der Waals surface area contributed by atoms with E-state index < -0.39 is 0 Å². The molecule has 3 rings (SSSR count). The molecular formula is C13H17BrN6. The largest absolute Gasteiger partial charge is 0.372 e. The van der Waals surface area contributed by atoms with Gasteiger partial charge in [0.1, 0.15) is 5.82 Å². The molecule has 0 bridgehead atoms. The van der Waals surface area contributed by atoms with E-state index in [0.717, 1.165) is 42.2 Å². The first-order chi connectivity index (χ1) is 9.78. The predicted octanol–water partition coefficient (Wildman–Crippen LogP) is 2.32. The Morgan fingerprint density at radius 2 is 2.35 bits per heavy atom. The fraction of sp³-hybridized carbons (Fsp3) is 0.462. The van der Waals surface area contributed by atoms with Gasteiger partial charge in [-0.2, -0.15) is 10.1 Å². The number of rotatable bonds is 3. The van der Waals surface area contributed by atoms with Crippen molar-refractivity contribution in [3.05, 3.63) is 29.1 Å². The molecule has 3 heterocycles. The lowest BCUT2D eigenvalue weighted by molar-refractivity contribution is 0.373. The Kier molecular flexibility index (Phi) is 3.86. The van der Waals surface area contributed by atoms with Crippen molar-refractivity contribution in [2.45, 2.75) is 18.9 Å². The molecule has 1 aliphatic heterocycles. The summed E-state index contributed by atoms with van der Waals surface area (Å²) in [4.78, 5) is 11.2. The molecule has 1 fully saturated rings. The summed E-state index contributed by atoms with van der Waals surface area (Å²) in [5, 5.41) is 7.42. The highest BCUT2D eigenvalue weighted by molar-refractivity contribution is 9.10. The van der Waals surface area contributed by atoms with E-state index in [2.05, 4.69) is 41.2 Å². The van der Waals surface area contributed by atoms with Crippen molar-refractivity contribution in [3.8, 4) is 0 Å². The van der Waals surface area contributed by atoms with E-state index >= 15 is 0 Å². The minimum atomic E-state index is 0.393. The Bertz CT molecular complexity index is 570. The van der Waals surface area contributed by atoms with Crippen LogP contribution >= 0.6 is 15.9 Å². The fourth-order valence-electron chi connectivity index (χ4n) is 2.53. The molecule has 20 heavy (non-hydrogen) atoms. The Morgan fingerprint density at radius 1 is 1.45 bits per heavy atom. The van der Waals surface area contributed by atoms with E-state index in [1.807, 2.05) is 30.2 Å². The van der Waals surface area contributed by atoms with Gasteiger partial charge in [0.15, 0.2) is 0 Å². The van der Waals surface area contributed by atoms with Gasteiger partial charge in [-0.05, 0) is 34.8 Å². The molecular weight excluding hydrogens is 320 g/mol. The third-order valence-electron chi connectivity index (χ3n) is 3.55. The average molecular weight is 337 g/mol. The monoisotopic (exact) mass is 336 g/mol. The van der Waals surface area contributed by atoms with Crippen LogP contribution < -0.4 is 10.2 Å². The van der Waals surface area contributed by atoms with Gasteiger partial charge >= 0.3 is 0 Å². The molecule has 2 aromatic rings. The zero-order valence-corrected chi connectivity index (χ0v) is 12.9. The van der Waals surface area contributed by atoms with Gasteiger partial charge in [0.2, 0.25) is 5.95 Å². The highest BCUT2D eigenvalue weighted by atomic mass is 79.9. The van der Waals surface area contributed by atoms with Crippen LogP contribution in [-0.2, 0) is 0 Å². The SMILES string of the molecule is CNc1nc(N2CCCC(n3cccn3)C2)ncc1Br. The van der Waals surface area contributed by atoms with Crippen molar-refractivity contribution in [1.82, 2.24) is 19.7 Å². The first kappa shape index (κ1) is 13.4. The van der Waals surface area contributed by atoms with Gasteiger partial charge in [-0.25, -0.2) is 4.98 Å². The van der Waals surface area contributed by atoms with Crippen molar-refractivity contribution in [3.63, 3.8) is 0 Å². The molecule has 1 aliphatic rings. The summed E-state index contributed by atoms with van der Waals surface area (Å²) in [5.41, 5.74) is 0. The zero-order chi connectivity index (χ0) is 13.9. The Labute approximate surface area is 126 Å². The van der Waals surface area contributed by atoms with Crippen LogP contribution in [0.15, 0.2) is 29.1 Å². The number of piperidine rings is 1. The highest BCUT2D eigenvalue weighted by Crippen LogP contribution is 2.26. The minimum Gasteiger partial charge on any atom is -0.372 e. The maximum absolute atomic E-state index is 4.56. The molecule has 1 atom stereocenters. The van der Waals surface area contributed by atoms with Gasteiger partial charge in [0.25, 0.3) is 0 Å². The van der Waals surface area contributed by atoms with Gasteiger partial charge in [-0.15, -0.1) is 0 Å². The molecule has 2 aromatic heterocycles. The molecule has 106 valence electrons. The number of nitrogens with one attached hydrogen (secondary N) is 1. The van der Waals surface area contributed by atoms with Crippen LogP contribution in [0.4, 0.5) is 11.8 Å². The van der Waals surface area contributed by atoms with Gasteiger partial charge in [0, 0.05) is 38.7 Å². The maximum Gasteiger partial charge on any atom is 0.227 e. The molecule has 1 saturated heterocycles. The summed E-state index contributed by atoms with van der Waals surface area (Å²) in [6, 6.07) is 2.36. The molecule has 1 unspecified atom stereocenters. The normalized spacial score (nSPS) is 19.1. The van der Waals surface area contributed by atoms with Crippen molar-refractivity contribution >= 4 is 27.7 Å². The van der Waals surface area contributed by atoms with Crippen molar-refractivity contribution in [1.29, 1.82) is 0 Å². The summed E-state index contributed by atoms with van der Waals surface area (Å²) in [6.45, 7) is 1.88. The zero-order valence-electron chi connectivity index (χ0n) is 11.3. The second-order valence-electron chi connectivity index (χ2n) is 4.84. The lowest BCUT2D eigenvalue weighted by Gasteiger charge is -2.33. The first-order valence-electron chi connectivity index (χ1n) is 6.72. The predicted molar refractivity (Wildman–Crippen MR) is 82.0 cm³/mol. The molecule has 0 saturated carbocycles. The van der Waals surface area contributed by atoms with Crippen LogP contribution in [0.3, 0.4) is 0 Å². The van der Waals surface area contributed by atoms with Gasteiger partial charge in [-0.1, -0.05) is 0 Å². The van der Waals surface area contributed by atoms with Gasteiger partial charge < -0.3 is 10.2 Å². The van der Waals surface area contributed by atoms with Crippen LogP contribution in [0, 0.1) is 0 Å². The maximum atomic E-state index is 4.56. The number of halogens is 1. The second kappa shape index (κ2) is 5.78. The molecule has 0 aromatic carbocycles. The average Bonchev–Trinajstić information content (AvgIpc) is 3.02. The van der Waals surface area contributed by atoms with Crippen molar-refractivity contribution < 1.29 is 0 Å². The van der Waals surface area contributed by atoms with Crippen LogP contribution in [0.5, 0.6) is 0 Å². The smallest absolute Gasteiger partial charge is 0.227 e. The lowest BCUT2D eigenvalue weighted by atomic mass is 10.1. The summed E-state index contributed by atoms with van der Waals surface area (Å²) < 4.78 is 2.91. The summed E-state index contributed by atoms with van der Waals surface area (Å²) in [6.07, 6.45) is 7.92. The van der Waals surface area contributed by atoms with Crippen LogP contribution in [0.1, 0.15) is 18.9 Å². The number of hydrogen-bond donors (Lipinski definition) is 1. The second-order valence-corrected chi connectivity index (χ2v) is 5.70. The van der Waals surface area contributed by atoms with E-state index in [-0.39, 0.29) is 0 Å². The Balaban J connectivity index is 1.80. The number of anilines is 2. The van der Waals surface area contributed by atoms with Crippen LogP contribution in [0.2, 0.25) is 0 Å². The van der Waals surface area contributed by atoms with Gasteiger partial charge in [0.05, 0.1) is 10.5 Å². The van der Waals surface area contributed by atoms with E-state index in [0.29, 0.717) is 6.04 Å². The summed E-state index contributed by atoms with van der Waals surface area (Å²) in [7, 11) is 1.86. The standard InChI is InChI=1S/C13H17BrN6/c1-15-12-11(14)8-16-13(18-12)19-6-2-4-10(9-19)20-7-3-5-17-20/h3,5,7-8,10H,2,4,6,9H2,1H3,(H,15,16,18). The highest BCUT2D eigenvalue weighted by Gasteiger charge is 2.23. The van der Waals surface area contributed by atoms with Crippen LogP contribution in [0.25, 0.3) is 0 Å². The Morgan fingerprint density at radius 3 is 3.10 bits per heavy atom. The number of hydrogen-bond acceptors (Lipinski definition) is 5. The molecule has 0 radical (unpaired) electrons. The van der Waals surface area contributed by atoms with Crippen molar-refractivity contribution in [2.24, 2.45) is 0 Å². The molecule has 0 spiro atoms.